The summed E-state index contributed by atoms with van der Waals surface area (Å²) in [6, 6.07) is 15.5. The molecule has 1 aromatic heterocycles. The van der Waals surface area contributed by atoms with Gasteiger partial charge < -0.3 is 14.5 Å². The number of aromatic nitrogens is 2. The Morgan fingerprint density at radius 3 is 2.68 bits per heavy atom. The lowest BCUT2D eigenvalue weighted by Gasteiger charge is -2.25. The van der Waals surface area contributed by atoms with Crippen LogP contribution in [0, 0.1) is 0 Å². The number of hydrogen-bond acceptors (Lipinski definition) is 3. The van der Waals surface area contributed by atoms with E-state index in [0.29, 0.717) is 23.1 Å². The van der Waals surface area contributed by atoms with Gasteiger partial charge in [-0.2, -0.15) is 0 Å². The van der Waals surface area contributed by atoms with E-state index in [4.69, 9.17) is 0 Å². The number of nitrogens with zero attached hydrogens (tertiary/aromatic N) is 2. The second-order valence-corrected chi connectivity index (χ2v) is 7.22. The minimum atomic E-state index is -0.665. The summed E-state index contributed by atoms with van der Waals surface area (Å²) in [7, 11) is 0. The summed E-state index contributed by atoms with van der Waals surface area (Å²) >= 11 is 0. The standard InChI is InChI=1S/C22H23N3O3/c1-2-24-19-11-10-16(14-18(19)23-20(26)22(24)28)21(27)25-12-6-9-17(25)13-15-7-4-3-5-8-15/h3-5,7-8,10-11,14,17H,2,6,9,12-13H2,1H3,(H,23,26)/t17-/m1/s1. The zero-order chi connectivity index (χ0) is 19.7. The summed E-state index contributed by atoms with van der Waals surface area (Å²) in [5.41, 5.74) is 1.66. The Labute approximate surface area is 162 Å². The lowest BCUT2D eigenvalue weighted by Crippen LogP contribution is -2.37. The number of fused-ring (bicyclic) bond motifs is 1. The second-order valence-electron chi connectivity index (χ2n) is 7.22. The van der Waals surface area contributed by atoms with Crippen molar-refractivity contribution < 1.29 is 4.79 Å². The Kier molecular flexibility index (Phi) is 4.86. The van der Waals surface area contributed by atoms with E-state index in [1.807, 2.05) is 30.0 Å². The van der Waals surface area contributed by atoms with Gasteiger partial charge in [-0.15, -0.1) is 0 Å². The van der Waals surface area contributed by atoms with Gasteiger partial charge in [0.15, 0.2) is 0 Å². The van der Waals surface area contributed by atoms with Crippen molar-refractivity contribution in [2.24, 2.45) is 0 Å². The van der Waals surface area contributed by atoms with E-state index in [1.54, 1.807) is 18.2 Å². The summed E-state index contributed by atoms with van der Waals surface area (Å²) < 4.78 is 1.43. The van der Waals surface area contributed by atoms with Crippen LogP contribution in [0.15, 0.2) is 58.1 Å². The molecule has 2 aromatic carbocycles. The molecule has 0 unspecified atom stereocenters. The zero-order valence-electron chi connectivity index (χ0n) is 15.9. The monoisotopic (exact) mass is 377 g/mol. The highest BCUT2D eigenvalue weighted by Crippen LogP contribution is 2.24. The molecule has 6 nitrogen and oxygen atoms in total. The molecule has 0 saturated carbocycles. The largest absolute Gasteiger partial charge is 0.335 e. The molecule has 1 saturated heterocycles. The molecule has 6 heteroatoms. The summed E-state index contributed by atoms with van der Waals surface area (Å²) in [6.45, 7) is 2.95. The first-order chi connectivity index (χ1) is 13.6. The first-order valence-corrected chi connectivity index (χ1v) is 9.70. The minimum absolute atomic E-state index is 0.0320. The topological polar surface area (TPSA) is 75.2 Å². The van der Waals surface area contributed by atoms with Crippen LogP contribution in [0.1, 0.15) is 35.7 Å². The highest BCUT2D eigenvalue weighted by molar-refractivity contribution is 5.97. The Hall–Kier alpha value is -3.15. The Balaban J connectivity index is 1.65. The fourth-order valence-electron chi connectivity index (χ4n) is 4.09. The first kappa shape index (κ1) is 18.2. The molecule has 1 atom stereocenters. The van der Waals surface area contributed by atoms with Crippen LogP contribution in [-0.4, -0.2) is 32.9 Å². The number of H-pyrrole nitrogens is 1. The fraction of sp³-hybridized carbons (Fsp3) is 0.318. The van der Waals surface area contributed by atoms with E-state index in [9.17, 15) is 14.4 Å². The fourth-order valence-corrected chi connectivity index (χ4v) is 4.09. The number of carbonyl (C=O) groups is 1. The highest BCUT2D eigenvalue weighted by atomic mass is 16.2. The van der Waals surface area contributed by atoms with Gasteiger partial charge in [0.2, 0.25) is 0 Å². The summed E-state index contributed by atoms with van der Waals surface area (Å²) in [5, 5.41) is 0. The molecule has 2 heterocycles. The van der Waals surface area contributed by atoms with E-state index in [1.165, 1.54) is 10.1 Å². The average molecular weight is 377 g/mol. The molecule has 144 valence electrons. The van der Waals surface area contributed by atoms with Gasteiger partial charge in [-0.25, -0.2) is 0 Å². The number of amides is 1. The molecule has 0 bridgehead atoms. The number of carbonyl (C=O) groups excluding carboxylic acids is 1. The molecule has 1 N–H and O–H groups in total. The number of aryl methyl sites for hydroxylation is 1. The first-order valence-electron chi connectivity index (χ1n) is 9.70. The summed E-state index contributed by atoms with van der Waals surface area (Å²) in [6.07, 6.45) is 2.82. The van der Waals surface area contributed by atoms with Crippen LogP contribution in [0.3, 0.4) is 0 Å². The summed E-state index contributed by atoms with van der Waals surface area (Å²) in [4.78, 5) is 41.6. The lowest BCUT2D eigenvalue weighted by atomic mass is 10.0. The molecule has 1 aliphatic heterocycles. The Bertz CT molecular complexity index is 1130. The average Bonchev–Trinajstić information content (AvgIpc) is 3.17. The van der Waals surface area contributed by atoms with Gasteiger partial charge in [-0.1, -0.05) is 30.3 Å². The Morgan fingerprint density at radius 1 is 1.14 bits per heavy atom. The maximum Gasteiger partial charge on any atom is 0.316 e. The van der Waals surface area contributed by atoms with Gasteiger partial charge in [0.1, 0.15) is 0 Å². The normalized spacial score (nSPS) is 16.6. The predicted molar refractivity (Wildman–Crippen MR) is 109 cm³/mol. The minimum Gasteiger partial charge on any atom is -0.335 e. The van der Waals surface area contributed by atoms with Gasteiger partial charge in [-0.05, 0) is 49.9 Å². The second kappa shape index (κ2) is 7.46. The van der Waals surface area contributed by atoms with E-state index in [0.717, 1.165) is 25.8 Å². The number of hydrogen-bond donors (Lipinski definition) is 1. The van der Waals surface area contributed by atoms with Gasteiger partial charge in [0.05, 0.1) is 11.0 Å². The SMILES string of the molecule is CCn1c(=O)c(=O)[nH]c2cc(C(=O)N3CCC[C@@H]3Cc3ccccc3)ccc21. The van der Waals surface area contributed by atoms with E-state index in [2.05, 4.69) is 17.1 Å². The molecule has 0 radical (unpaired) electrons. The number of nitrogens with one attached hydrogen (secondary N) is 1. The number of benzene rings is 2. The van der Waals surface area contributed by atoms with Crippen molar-refractivity contribution in [3.8, 4) is 0 Å². The van der Waals surface area contributed by atoms with Crippen molar-refractivity contribution >= 4 is 16.9 Å². The molecule has 3 aromatic rings. The molecule has 28 heavy (non-hydrogen) atoms. The number of rotatable bonds is 4. The molecule has 4 rings (SSSR count). The van der Waals surface area contributed by atoms with Gasteiger partial charge in [-0.3, -0.25) is 14.4 Å². The maximum absolute atomic E-state index is 13.2. The van der Waals surface area contributed by atoms with Crippen molar-refractivity contribution in [2.45, 2.75) is 38.8 Å². The van der Waals surface area contributed by atoms with Crippen molar-refractivity contribution in [1.29, 1.82) is 0 Å². The number of aromatic amines is 1. The molecule has 1 aliphatic rings. The van der Waals surface area contributed by atoms with Crippen molar-refractivity contribution in [3.05, 3.63) is 80.4 Å². The third-order valence-corrected chi connectivity index (χ3v) is 5.49. The number of likely N-dealkylation sites (tertiary alicyclic amines) is 1. The summed E-state index contributed by atoms with van der Waals surface area (Å²) in [5.74, 6) is -0.0320. The molecule has 1 fully saturated rings. The van der Waals surface area contributed by atoms with Crippen LogP contribution in [0.25, 0.3) is 11.0 Å². The van der Waals surface area contributed by atoms with Crippen molar-refractivity contribution in [3.63, 3.8) is 0 Å². The van der Waals surface area contributed by atoms with Crippen LogP contribution < -0.4 is 11.1 Å². The quantitative estimate of drug-likeness (QED) is 0.710. The molecular weight excluding hydrogens is 354 g/mol. The third-order valence-electron chi connectivity index (χ3n) is 5.49. The van der Waals surface area contributed by atoms with Crippen LogP contribution in [-0.2, 0) is 13.0 Å². The smallest absolute Gasteiger partial charge is 0.316 e. The van der Waals surface area contributed by atoms with E-state index >= 15 is 0 Å². The van der Waals surface area contributed by atoms with Gasteiger partial charge >= 0.3 is 11.1 Å². The van der Waals surface area contributed by atoms with Crippen LogP contribution in [0.5, 0.6) is 0 Å². The van der Waals surface area contributed by atoms with Crippen LogP contribution >= 0.6 is 0 Å². The zero-order valence-corrected chi connectivity index (χ0v) is 15.9. The lowest BCUT2D eigenvalue weighted by molar-refractivity contribution is 0.0736. The highest BCUT2D eigenvalue weighted by Gasteiger charge is 2.29. The van der Waals surface area contributed by atoms with Gasteiger partial charge in [0.25, 0.3) is 5.91 Å². The van der Waals surface area contributed by atoms with E-state index in [-0.39, 0.29) is 11.9 Å². The Morgan fingerprint density at radius 2 is 1.93 bits per heavy atom. The predicted octanol–water partition coefficient (Wildman–Crippen LogP) is 2.56. The maximum atomic E-state index is 13.2. The van der Waals surface area contributed by atoms with Crippen LogP contribution in [0.2, 0.25) is 0 Å². The molecule has 0 spiro atoms. The molecule has 0 aliphatic carbocycles. The van der Waals surface area contributed by atoms with Crippen LogP contribution in [0.4, 0.5) is 0 Å². The van der Waals surface area contributed by atoms with Crippen molar-refractivity contribution in [1.82, 2.24) is 14.5 Å². The third kappa shape index (κ3) is 3.26. The van der Waals surface area contributed by atoms with E-state index < -0.39 is 11.1 Å². The van der Waals surface area contributed by atoms with Crippen molar-refractivity contribution in [2.75, 3.05) is 6.54 Å². The van der Waals surface area contributed by atoms with Gasteiger partial charge in [0, 0.05) is 24.7 Å². The molecule has 1 amide bonds. The molecular formula is C22H23N3O3.